The molecule has 0 bridgehead atoms. The molecule has 0 fully saturated rings. The van der Waals surface area contributed by atoms with Crippen molar-refractivity contribution in [1.82, 2.24) is 20.0 Å². The molecule has 0 spiro atoms. The zero-order valence-electron chi connectivity index (χ0n) is 15.4. The first-order valence-corrected chi connectivity index (χ1v) is 10.3. The Labute approximate surface area is 163 Å². The average molecular weight is 402 g/mol. The van der Waals surface area contributed by atoms with Crippen LogP contribution in [0.15, 0.2) is 47.4 Å². The minimum atomic E-state index is -3.55. The Morgan fingerprint density at radius 2 is 1.89 bits per heavy atom. The first-order valence-electron chi connectivity index (χ1n) is 8.83. The molecule has 8 nitrogen and oxygen atoms in total. The number of imidazole rings is 1. The Hall–Kier alpha value is -2.75. The van der Waals surface area contributed by atoms with Gasteiger partial charge in [0.15, 0.2) is 0 Å². The number of carbonyl (C=O) groups is 1. The zero-order chi connectivity index (χ0) is 20.1. The predicted molar refractivity (Wildman–Crippen MR) is 105 cm³/mol. The third kappa shape index (κ3) is 4.75. The van der Waals surface area contributed by atoms with Crippen molar-refractivity contribution in [1.29, 1.82) is 0 Å². The second-order valence-electron chi connectivity index (χ2n) is 6.39. The molecule has 0 saturated heterocycles. The van der Waals surface area contributed by atoms with Gasteiger partial charge in [-0.2, -0.15) is 0 Å². The number of aromatic nitrogens is 2. The maximum Gasteiger partial charge on any atom is 0.251 e. The van der Waals surface area contributed by atoms with Crippen LogP contribution in [0.25, 0.3) is 11.0 Å². The summed E-state index contributed by atoms with van der Waals surface area (Å²) in [6.07, 6.45) is 0.456. The monoisotopic (exact) mass is 402 g/mol. The molecule has 3 aromatic rings. The highest BCUT2D eigenvalue weighted by atomic mass is 32.2. The number of carbonyl (C=O) groups excluding carboxylic acids is 1. The number of aliphatic hydroxyl groups excluding tert-OH is 1. The number of hydrogen-bond acceptors (Lipinski definition) is 5. The van der Waals surface area contributed by atoms with Crippen LogP contribution < -0.4 is 10.0 Å². The predicted octanol–water partition coefficient (Wildman–Crippen LogP) is 1.46. The first-order chi connectivity index (χ1) is 13.4. The number of hydrogen-bond donors (Lipinski definition) is 4. The molecule has 28 heavy (non-hydrogen) atoms. The quantitative estimate of drug-likeness (QED) is 0.425. The summed E-state index contributed by atoms with van der Waals surface area (Å²) in [7, 11) is -3.55. The molecule has 4 N–H and O–H groups in total. The Bertz CT molecular complexity index is 1080. The number of fused-ring (bicyclic) bond motifs is 1. The van der Waals surface area contributed by atoms with Gasteiger partial charge in [-0.15, -0.1) is 0 Å². The Kier molecular flexibility index (Phi) is 6.08. The van der Waals surface area contributed by atoms with Crippen LogP contribution in [0.5, 0.6) is 0 Å². The lowest BCUT2D eigenvalue weighted by atomic mass is 10.2. The van der Waals surface area contributed by atoms with E-state index in [0.29, 0.717) is 35.4 Å². The number of benzene rings is 2. The summed E-state index contributed by atoms with van der Waals surface area (Å²) in [5.74, 6) is 0.178. The number of aryl methyl sites for hydroxylation is 1. The summed E-state index contributed by atoms with van der Waals surface area (Å²) < 4.78 is 26.9. The van der Waals surface area contributed by atoms with E-state index in [2.05, 4.69) is 20.0 Å². The number of aromatic amines is 1. The van der Waals surface area contributed by atoms with E-state index < -0.39 is 10.0 Å². The molecule has 0 aliphatic heterocycles. The number of rotatable bonds is 8. The molecule has 0 aliphatic carbocycles. The lowest BCUT2D eigenvalue weighted by Crippen LogP contribution is -2.30. The van der Waals surface area contributed by atoms with Crippen LogP contribution in [0.1, 0.15) is 28.2 Å². The highest BCUT2D eigenvalue weighted by molar-refractivity contribution is 7.89. The first kappa shape index (κ1) is 20.0. The highest BCUT2D eigenvalue weighted by Gasteiger charge is 2.13. The van der Waals surface area contributed by atoms with Crippen LogP contribution in [-0.2, 0) is 16.6 Å². The molecule has 3 rings (SSSR count). The molecular formula is C19H22N4O4S. The Morgan fingerprint density at radius 1 is 1.14 bits per heavy atom. The van der Waals surface area contributed by atoms with Crippen molar-refractivity contribution in [3.8, 4) is 0 Å². The molecule has 9 heteroatoms. The zero-order valence-corrected chi connectivity index (χ0v) is 16.2. The molecule has 148 valence electrons. The molecule has 1 aromatic heterocycles. The summed E-state index contributed by atoms with van der Waals surface area (Å²) >= 11 is 0. The normalized spacial score (nSPS) is 11.6. The van der Waals surface area contributed by atoms with Crippen LogP contribution >= 0.6 is 0 Å². The summed E-state index contributed by atoms with van der Waals surface area (Å²) in [5.41, 5.74) is 2.79. The summed E-state index contributed by atoms with van der Waals surface area (Å²) in [4.78, 5) is 19.6. The fourth-order valence-corrected chi connectivity index (χ4v) is 3.75. The maximum atomic E-state index is 12.2. The number of aliphatic hydroxyl groups is 1. The van der Waals surface area contributed by atoms with Crippen LogP contribution in [0.3, 0.4) is 0 Å². The summed E-state index contributed by atoms with van der Waals surface area (Å²) in [6.45, 7) is 2.24. The topological polar surface area (TPSA) is 124 Å². The number of nitrogens with one attached hydrogen (secondary N) is 3. The summed E-state index contributed by atoms with van der Waals surface area (Å²) in [6, 6.07) is 11.6. The Morgan fingerprint density at radius 3 is 2.61 bits per heavy atom. The maximum absolute atomic E-state index is 12.2. The van der Waals surface area contributed by atoms with Gasteiger partial charge in [0.05, 0.1) is 15.9 Å². The van der Waals surface area contributed by atoms with Crippen LogP contribution in [0, 0.1) is 6.92 Å². The lowest BCUT2D eigenvalue weighted by molar-refractivity contribution is 0.0953. The molecule has 0 atom stereocenters. The number of nitrogens with zero attached hydrogens (tertiary/aromatic N) is 1. The van der Waals surface area contributed by atoms with Crippen molar-refractivity contribution in [2.75, 3.05) is 13.1 Å². The van der Waals surface area contributed by atoms with Crippen LogP contribution in [-0.4, -0.2) is 42.5 Å². The van der Waals surface area contributed by atoms with E-state index in [4.69, 9.17) is 5.11 Å². The molecule has 0 aliphatic rings. The van der Waals surface area contributed by atoms with E-state index in [1.165, 1.54) is 0 Å². The number of sulfonamides is 1. The van der Waals surface area contributed by atoms with Crippen molar-refractivity contribution >= 4 is 27.0 Å². The van der Waals surface area contributed by atoms with E-state index in [1.807, 2.05) is 6.92 Å². The molecule has 2 aromatic carbocycles. The van der Waals surface area contributed by atoms with Gasteiger partial charge in [-0.05, 0) is 43.7 Å². The van der Waals surface area contributed by atoms with Crippen molar-refractivity contribution in [3.63, 3.8) is 0 Å². The number of amides is 1. The molecule has 1 heterocycles. The SMILES string of the molecule is Cc1ccc(S(=O)(=O)NCCCNC(=O)c2ccc3nc(CO)[nH]c3c2)cc1. The van der Waals surface area contributed by atoms with Crippen LogP contribution in [0.2, 0.25) is 0 Å². The van der Waals surface area contributed by atoms with E-state index in [-0.39, 0.29) is 24.0 Å². The van der Waals surface area contributed by atoms with Gasteiger partial charge in [-0.25, -0.2) is 18.1 Å². The third-order valence-electron chi connectivity index (χ3n) is 4.21. The minimum absolute atomic E-state index is 0.200. The van der Waals surface area contributed by atoms with Crippen molar-refractivity contribution in [3.05, 3.63) is 59.4 Å². The van der Waals surface area contributed by atoms with Gasteiger partial charge < -0.3 is 15.4 Å². The number of H-pyrrole nitrogens is 1. The molecule has 0 unspecified atom stereocenters. The van der Waals surface area contributed by atoms with Gasteiger partial charge in [-0.1, -0.05) is 17.7 Å². The van der Waals surface area contributed by atoms with Gasteiger partial charge >= 0.3 is 0 Å². The van der Waals surface area contributed by atoms with E-state index in [1.54, 1.807) is 42.5 Å². The fourth-order valence-electron chi connectivity index (χ4n) is 2.68. The van der Waals surface area contributed by atoms with Gasteiger partial charge in [0.1, 0.15) is 12.4 Å². The molecular weight excluding hydrogens is 380 g/mol. The van der Waals surface area contributed by atoms with Gasteiger partial charge in [0.25, 0.3) is 5.91 Å². The lowest BCUT2D eigenvalue weighted by Gasteiger charge is -2.08. The van der Waals surface area contributed by atoms with Crippen molar-refractivity contribution < 1.29 is 18.3 Å². The third-order valence-corrected chi connectivity index (χ3v) is 5.68. The van der Waals surface area contributed by atoms with E-state index >= 15 is 0 Å². The van der Waals surface area contributed by atoms with Crippen molar-refractivity contribution in [2.24, 2.45) is 0 Å². The standard InChI is InChI=1S/C19H22N4O4S/c1-13-3-6-15(7-4-13)28(26,27)21-10-2-9-20-19(25)14-5-8-16-17(11-14)23-18(12-24)22-16/h3-8,11,21,24H,2,9-10,12H2,1H3,(H,20,25)(H,22,23). The molecule has 0 radical (unpaired) electrons. The molecule has 1 amide bonds. The van der Waals surface area contributed by atoms with Gasteiger partial charge in [0.2, 0.25) is 10.0 Å². The second-order valence-corrected chi connectivity index (χ2v) is 8.16. The van der Waals surface area contributed by atoms with Gasteiger partial charge in [0, 0.05) is 18.7 Å². The second kappa shape index (κ2) is 8.51. The average Bonchev–Trinajstić information content (AvgIpc) is 3.10. The largest absolute Gasteiger partial charge is 0.388 e. The van der Waals surface area contributed by atoms with Gasteiger partial charge in [-0.3, -0.25) is 4.79 Å². The molecule has 0 saturated carbocycles. The summed E-state index contributed by atoms with van der Waals surface area (Å²) in [5, 5.41) is 11.9. The van der Waals surface area contributed by atoms with E-state index in [9.17, 15) is 13.2 Å². The van der Waals surface area contributed by atoms with Crippen LogP contribution in [0.4, 0.5) is 0 Å². The Balaban J connectivity index is 1.48. The van der Waals surface area contributed by atoms with E-state index in [0.717, 1.165) is 5.56 Å². The van der Waals surface area contributed by atoms with Crippen molar-refractivity contribution in [2.45, 2.75) is 24.8 Å². The fraction of sp³-hybridized carbons (Fsp3) is 0.263. The minimum Gasteiger partial charge on any atom is -0.388 e. The highest BCUT2D eigenvalue weighted by Crippen LogP contribution is 2.14. The smallest absolute Gasteiger partial charge is 0.251 e.